The van der Waals surface area contributed by atoms with Gasteiger partial charge in [-0.1, -0.05) is 303 Å². The average Bonchev–Trinajstić information content (AvgIpc) is 0.803. The van der Waals surface area contributed by atoms with Crippen molar-refractivity contribution in [2.24, 2.45) is 0 Å². The van der Waals surface area contributed by atoms with Crippen molar-refractivity contribution in [1.82, 2.24) is 0 Å². The predicted molar refractivity (Wildman–Crippen MR) is 447 cm³/mol. The lowest BCUT2D eigenvalue weighted by atomic mass is 10.0. The fourth-order valence-electron chi connectivity index (χ4n) is 12.4. The summed E-state index contributed by atoms with van der Waals surface area (Å²) >= 11 is 4.64. The molecule has 16 rings (SSSR count). The van der Waals surface area contributed by atoms with Gasteiger partial charge in [0.05, 0.1) is 0 Å². The molecule has 0 radical (unpaired) electrons. The van der Waals surface area contributed by atoms with Gasteiger partial charge in [-0.15, -0.1) is 0 Å². The number of nitrogens with one attached hydrogen (secondary N) is 1. The van der Waals surface area contributed by atoms with Crippen LogP contribution in [0, 0.1) is 7.14 Å². The molecule has 484 valence electrons. The Hall–Kier alpha value is -11.6. The van der Waals surface area contributed by atoms with Crippen molar-refractivity contribution in [3.63, 3.8) is 0 Å². The molecule has 16 aromatic rings. The van der Waals surface area contributed by atoms with Crippen LogP contribution < -0.4 is 15.1 Å². The Morgan fingerprint density at radius 2 is 0.267 bits per heavy atom. The van der Waals surface area contributed by atoms with Gasteiger partial charge < -0.3 is 15.1 Å². The number of nitrogens with zero attached hydrogens (tertiary/aromatic N) is 2. The molecule has 3 nitrogen and oxygen atoms in total. The van der Waals surface area contributed by atoms with Crippen molar-refractivity contribution < 1.29 is 0 Å². The molecular weight excluding hydrogens is 1450 g/mol. The highest BCUT2D eigenvalue weighted by Gasteiger charge is 2.17. The highest BCUT2D eigenvalue weighted by atomic mass is 127. The summed E-state index contributed by atoms with van der Waals surface area (Å²) in [5.74, 6) is 0. The molecule has 0 aliphatic rings. The Bertz CT molecular complexity index is 4690. The second kappa shape index (κ2) is 32.8. The molecule has 1 N–H and O–H groups in total. The number of hydrogen-bond acceptors (Lipinski definition) is 3. The van der Waals surface area contributed by atoms with Crippen LogP contribution >= 0.6 is 45.2 Å². The van der Waals surface area contributed by atoms with Crippen LogP contribution in [-0.4, -0.2) is 0 Å². The molecule has 0 atom stereocenters. The van der Waals surface area contributed by atoms with Crippen LogP contribution in [0.15, 0.2) is 425 Å². The van der Waals surface area contributed by atoms with E-state index in [0.29, 0.717) is 0 Å². The number of halogens is 2. The summed E-state index contributed by atoms with van der Waals surface area (Å²) in [5.41, 5.74) is 28.2. The molecule has 5 heteroatoms. The van der Waals surface area contributed by atoms with E-state index in [2.05, 4.69) is 473 Å². The monoisotopic (exact) mass is 1520 g/mol. The van der Waals surface area contributed by atoms with Crippen molar-refractivity contribution in [2.45, 2.75) is 0 Å². The number of rotatable bonds is 16. The molecule has 0 amide bonds. The fourth-order valence-corrected chi connectivity index (χ4v) is 13.2. The summed E-state index contributed by atoms with van der Waals surface area (Å²) in [6.45, 7) is 0. The highest BCUT2D eigenvalue weighted by Crippen LogP contribution is 2.41. The Labute approximate surface area is 621 Å². The lowest BCUT2D eigenvalue weighted by Gasteiger charge is -2.27. The van der Waals surface area contributed by atoms with E-state index >= 15 is 0 Å². The molecule has 0 saturated carbocycles. The Morgan fingerprint density at radius 1 is 0.139 bits per heavy atom. The van der Waals surface area contributed by atoms with Crippen LogP contribution in [0.5, 0.6) is 0 Å². The third-order valence-electron chi connectivity index (χ3n) is 17.8. The maximum absolute atomic E-state index is 3.46. The average molecular weight is 1520 g/mol. The second-order valence-electron chi connectivity index (χ2n) is 24.4. The summed E-state index contributed by atoms with van der Waals surface area (Å²) in [7, 11) is 0. The summed E-state index contributed by atoms with van der Waals surface area (Å²) < 4.78 is 2.55. The van der Waals surface area contributed by atoms with Gasteiger partial charge in [-0.25, -0.2) is 0 Å². The topological polar surface area (TPSA) is 18.5 Å². The third kappa shape index (κ3) is 17.1. The Balaban J connectivity index is 0.000000179. The van der Waals surface area contributed by atoms with Gasteiger partial charge in [0.15, 0.2) is 0 Å². The van der Waals surface area contributed by atoms with Crippen molar-refractivity contribution in [3.8, 4) is 89.0 Å². The van der Waals surface area contributed by atoms with Gasteiger partial charge >= 0.3 is 0 Å². The van der Waals surface area contributed by atoms with Gasteiger partial charge in [0.2, 0.25) is 0 Å². The zero-order valence-electron chi connectivity index (χ0n) is 55.6. The van der Waals surface area contributed by atoms with Gasteiger partial charge in [-0.2, -0.15) is 0 Å². The normalized spacial score (nSPS) is 10.7. The fraction of sp³-hybridized carbons (Fsp3) is 0. The zero-order chi connectivity index (χ0) is 68.4. The molecule has 0 spiro atoms. The maximum Gasteiger partial charge on any atom is 0.0462 e. The van der Waals surface area contributed by atoms with E-state index in [1.165, 1.54) is 85.0 Å². The first-order chi connectivity index (χ1) is 49.9. The summed E-state index contributed by atoms with van der Waals surface area (Å²) in [6, 6.07) is 151. The van der Waals surface area contributed by atoms with Crippen LogP contribution in [0.4, 0.5) is 45.5 Å². The largest absolute Gasteiger partial charge is 0.356 e. The SMILES string of the molecule is Ic1ccc(-c2ccc(I)cc2)cc1.c1ccc(-c2ccc(N(c3ccc(-c4ccccc4)cc3)c3ccc(-c4ccc(N(c5ccc(-c6ccccc6)cc5)c5ccc(-c6ccccc6)cc5)cc4)cc3)cc2)cc1.c1ccc(-c2ccc(Nc3ccc(-c4ccccc4)cc3)cc2)cc1. The van der Waals surface area contributed by atoms with Crippen molar-refractivity contribution in [3.05, 3.63) is 432 Å². The van der Waals surface area contributed by atoms with Crippen LogP contribution in [0.1, 0.15) is 0 Å². The van der Waals surface area contributed by atoms with Gasteiger partial charge in [0.1, 0.15) is 0 Å². The molecule has 16 aromatic carbocycles. The highest BCUT2D eigenvalue weighted by molar-refractivity contribution is 14.1. The minimum atomic E-state index is 1.09. The van der Waals surface area contributed by atoms with E-state index < -0.39 is 0 Å². The van der Waals surface area contributed by atoms with Crippen molar-refractivity contribution >= 4 is 90.7 Å². The minimum Gasteiger partial charge on any atom is -0.356 e. The molecule has 0 fully saturated rings. The quantitative estimate of drug-likeness (QED) is 0.0973. The van der Waals surface area contributed by atoms with E-state index in [4.69, 9.17) is 0 Å². The third-order valence-corrected chi connectivity index (χ3v) is 19.2. The van der Waals surface area contributed by atoms with Crippen molar-refractivity contribution in [2.75, 3.05) is 15.1 Å². The number of anilines is 8. The van der Waals surface area contributed by atoms with Crippen LogP contribution in [0.2, 0.25) is 0 Å². The lowest BCUT2D eigenvalue weighted by Crippen LogP contribution is -2.10. The molecule has 0 aromatic heterocycles. The molecule has 0 saturated heterocycles. The molecule has 0 aliphatic carbocycles. The summed E-state index contributed by atoms with van der Waals surface area (Å²) in [4.78, 5) is 4.67. The van der Waals surface area contributed by atoms with Gasteiger partial charge in [-0.05, 0) is 256 Å². The molecule has 0 aliphatic heterocycles. The van der Waals surface area contributed by atoms with Crippen LogP contribution in [0.25, 0.3) is 89.0 Å². The molecular formula is C96H71I2N3. The van der Waals surface area contributed by atoms with E-state index in [0.717, 1.165) is 56.6 Å². The van der Waals surface area contributed by atoms with Gasteiger partial charge in [0, 0.05) is 52.6 Å². The first kappa shape index (κ1) is 66.6. The van der Waals surface area contributed by atoms with Crippen LogP contribution in [-0.2, 0) is 0 Å². The van der Waals surface area contributed by atoms with Gasteiger partial charge in [-0.3, -0.25) is 0 Å². The minimum absolute atomic E-state index is 1.09. The summed E-state index contributed by atoms with van der Waals surface area (Å²) in [6.07, 6.45) is 0. The molecule has 0 bridgehead atoms. The smallest absolute Gasteiger partial charge is 0.0462 e. The Kier molecular flexibility index (Phi) is 21.6. The van der Waals surface area contributed by atoms with E-state index in [1.54, 1.807) is 0 Å². The Morgan fingerprint density at radius 3 is 0.426 bits per heavy atom. The second-order valence-corrected chi connectivity index (χ2v) is 26.9. The summed E-state index contributed by atoms with van der Waals surface area (Å²) in [5, 5.41) is 3.46. The van der Waals surface area contributed by atoms with E-state index in [9.17, 15) is 0 Å². The standard InChI is InChI=1S/C60H44N2.C24H19N.C12H8I2/c1-5-13-45(14-6-1)49-21-33-55(34-22-49)61(56-35-23-50(24-36-56)46-15-7-2-8-16-46)59-41-29-53(30-42-59)54-31-43-60(44-32-54)62(57-37-25-51(26-38-57)47-17-9-3-10-18-47)58-39-27-52(28-40-58)48-19-11-4-12-20-48;1-3-7-19(8-4-1)21-11-15-23(16-12-21)25-24-17-13-22(14-18-24)20-9-5-2-6-10-20;13-11-5-1-9(2-6-11)10-3-7-12(14)8-4-10/h1-44H;1-18,25H;1-8H. The lowest BCUT2D eigenvalue weighted by molar-refractivity contribution is 1.28. The van der Waals surface area contributed by atoms with Gasteiger partial charge in [0.25, 0.3) is 0 Å². The van der Waals surface area contributed by atoms with E-state index in [1.807, 2.05) is 12.1 Å². The number of hydrogen-bond donors (Lipinski definition) is 1. The first-order valence-corrected chi connectivity index (χ1v) is 36.1. The predicted octanol–water partition coefficient (Wildman–Crippen LogP) is 28.3. The first-order valence-electron chi connectivity index (χ1n) is 33.9. The maximum atomic E-state index is 3.46. The molecule has 101 heavy (non-hydrogen) atoms. The zero-order valence-corrected chi connectivity index (χ0v) is 59.9. The molecule has 0 heterocycles. The number of benzene rings is 16. The van der Waals surface area contributed by atoms with E-state index in [-0.39, 0.29) is 0 Å². The van der Waals surface area contributed by atoms with Crippen LogP contribution in [0.3, 0.4) is 0 Å². The molecule has 0 unspecified atom stereocenters. The van der Waals surface area contributed by atoms with Crippen molar-refractivity contribution in [1.29, 1.82) is 0 Å².